The molecule has 2 rings (SSSR count). The molecule has 6 nitrogen and oxygen atoms in total. The van der Waals surface area contributed by atoms with Crippen molar-refractivity contribution >= 4 is 29.0 Å². The smallest absolute Gasteiger partial charge is 0.269 e. The Labute approximate surface area is 158 Å². The average molecular weight is 373 g/mol. The third kappa shape index (κ3) is 5.23. The second-order valence-corrected chi connectivity index (χ2v) is 7.68. The molecule has 0 aliphatic heterocycles. The molecule has 0 heterocycles. The van der Waals surface area contributed by atoms with Crippen LogP contribution in [0.4, 0.5) is 11.4 Å². The van der Waals surface area contributed by atoms with E-state index in [2.05, 4.69) is 0 Å². The lowest BCUT2D eigenvalue weighted by molar-refractivity contribution is -0.384. The molecule has 138 valence electrons. The highest BCUT2D eigenvalue weighted by molar-refractivity contribution is 8.00. The van der Waals surface area contributed by atoms with Crippen LogP contribution in [0.1, 0.15) is 12.5 Å². The standard InChI is InChI=1S/C19H23N3O3S/c1-14(26-18-11-9-17(10-12-18)22(24)25)19(23)21(4)13-15-5-7-16(8-6-15)20(2)3/h5-12,14H,13H2,1-4H3/t14-/m0/s1. The van der Waals surface area contributed by atoms with Gasteiger partial charge in [-0.1, -0.05) is 12.1 Å². The van der Waals surface area contributed by atoms with E-state index in [9.17, 15) is 14.9 Å². The summed E-state index contributed by atoms with van der Waals surface area (Å²) >= 11 is 1.40. The van der Waals surface area contributed by atoms with Crippen molar-refractivity contribution in [2.75, 3.05) is 26.0 Å². The minimum Gasteiger partial charge on any atom is -0.378 e. The van der Waals surface area contributed by atoms with Crippen molar-refractivity contribution in [1.82, 2.24) is 4.90 Å². The van der Waals surface area contributed by atoms with Gasteiger partial charge in [0, 0.05) is 50.4 Å². The highest BCUT2D eigenvalue weighted by Gasteiger charge is 2.19. The molecular weight excluding hydrogens is 350 g/mol. The molecule has 0 aliphatic rings. The van der Waals surface area contributed by atoms with E-state index in [1.54, 1.807) is 24.1 Å². The van der Waals surface area contributed by atoms with Crippen LogP contribution in [0.15, 0.2) is 53.4 Å². The van der Waals surface area contributed by atoms with Crippen LogP contribution in [0.3, 0.4) is 0 Å². The molecule has 0 fully saturated rings. The van der Waals surface area contributed by atoms with Crippen molar-refractivity contribution in [1.29, 1.82) is 0 Å². The second kappa shape index (κ2) is 8.71. The number of amides is 1. The van der Waals surface area contributed by atoms with E-state index in [1.165, 1.54) is 23.9 Å². The van der Waals surface area contributed by atoms with Gasteiger partial charge < -0.3 is 9.80 Å². The molecule has 7 heteroatoms. The fraction of sp³-hybridized carbons (Fsp3) is 0.316. The zero-order valence-corrected chi connectivity index (χ0v) is 16.2. The number of rotatable bonds is 7. The maximum atomic E-state index is 12.6. The summed E-state index contributed by atoms with van der Waals surface area (Å²) in [5.41, 5.74) is 2.23. The Hall–Kier alpha value is -2.54. The Balaban J connectivity index is 1.94. The van der Waals surface area contributed by atoms with Crippen molar-refractivity contribution in [2.24, 2.45) is 0 Å². The Kier molecular flexibility index (Phi) is 6.63. The van der Waals surface area contributed by atoms with E-state index < -0.39 is 4.92 Å². The molecule has 2 aromatic carbocycles. The number of anilines is 1. The maximum Gasteiger partial charge on any atom is 0.269 e. The molecule has 0 aromatic heterocycles. The number of thioether (sulfide) groups is 1. The lowest BCUT2D eigenvalue weighted by atomic mass is 10.2. The zero-order chi connectivity index (χ0) is 19.3. The first-order chi connectivity index (χ1) is 12.3. The maximum absolute atomic E-state index is 12.6. The van der Waals surface area contributed by atoms with Crippen LogP contribution in [0.5, 0.6) is 0 Å². The first kappa shape index (κ1) is 19.8. The molecule has 0 saturated heterocycles. The van der Waals surface area contributed by atoms with Crippen molar-refractivity contribution in [3.63, 3.8) is 0 Å². The average Bonchev–Trinajstić information content (AvgIpc) is 2.61. The molecule has 0 saturated carbocycles. The van der Waals surface area contributed by atoms with Gasteiger partial charge in [-0.25, -0.2) is 0 Å². The van der Waals surface area contributed by atoms with Crippen LogP contribution < -0.4 is 4.90 Å². The summed E-state index contributed by atoms with van der Waals surface area (Å²) in [6.45, 7) is 2.39. The molecule has 0 spiro atoms. The van der Waals surface area contributed by atoms with Gasteiger partial charge in [0.05, 0.1) is 10.2 Å². The first-order valence-corrected chi connectivity index (χ1v) is 9.08. The minimum absolute atomic E-state index is 0.0186. The van der Waals surface area contributed by atoms with Crippen molar-refractivity contribution in [2.45, 2.75) is 23.6 Å². The van der Waals surface area contributed by atoms with Gasteiger partial charge >= 0.3 is 0 Å². The van der Waals surface area contributed by atoms with Crippen molar-refractivity contribution in [3.8, 4) is 0 Å². The fourth-order valence-corrected chi connectivity index (χ4v) is 3.44. The molecule has 0 unspecified atom stereocenters. The normalized spacial score (nSPS) is 11.7. The zero-order valence-electron chi connectivity index (χ0n) is 15.4. The van der Waals surface area contributed by atoms with Gasteiger partial charge in [-0.3, -0.25) is 14.9 Å². The Morgan fingerprint density at radius 3 is 2.15 bits per heavy atom. The molecule has 0 N–H and O–H groups in total. The summed E-state index contributed by atoms with van der Waals surface area (Å²) < 4.78 is 0. The number of carbonyl (C=O) groups excluding carboxylic acids is 1. The number of nitro groups is 1. The van der Waals surface area contributed by atoms with Gasteiger partial charge in [0.25, 0.3) is 5.69 Å². The lowest BCUT2D eigenvalue weighted by Gasteiger charge is -2.22. The molecule has 26 heavy (non-hydrogen) atoms. The number of nitrogens with zero attached hydrogens (tertiary/aromatic N) is 3. The predicted octanol–water partition coefficient (Wildman–Crippen LogP) is 3.80. The SMILES string of the molecule is C[C@H](Sc1ccc([N+](=O)[O-])cc1)C(=O)N(C)Cc1ccc(N(C)C)cc1. The highest BCUT2D eigenvalue weighted by atomic mass is 32.2. The number of carbonyl (C=O) groups is 1. The molecule has 1 atom stereocenters. The summed E-state index contributed by atoms with van der Waals surface area (Å²) in [5, 5.41) is 10.4. The molecule has 0 aliphatic carbocycles. The molecule has 0 bridgehead atoms. The van der Waals surface area contributed by atoms with E-state index in [-0.39, 0.29) is 16.8 Å². The van der Waals surface area contributed by atoms with E-state index in [4.69, 9.17) is 0 Å². The first-order valence-electron chi connectivity index (χ1n) is 8.20. The van der Waals surface area contributed by atoms with E-state index >= 15 is 0 Å². The summed E-state index contributed by atoms with van der Waals surface area (Å²) in [7, 11) is 5.76. The lowest BCUT2D eigenvalue weighted by Crippen LogP contribution is -2.32. The van der Waals surface area contributed by atoms with E-state index in [0.717, 1.165) is 16.1 Å². The van der Waals surface area contributed by atoms with Crippen LogP contribution in [0.2, 0.25) is 0 Å². The second-order valence-electron chi connectivity index (χ2n) is 6.27. The Bertz CT molecular complexity index is 761. The van der Waals surface area contributed by atoms with Gasteiger partial charge in [0.1, 0.15) is 0 Å². The van der Waals surface area contributed by atoms with E-state index in [1.807, 2.05) is 50.2 Å². The van der Waals surface area contributed by atoms with E-state index in [0.29, 0.717) is 6.54 Å². The van der Waals surface area contributed by atoms with Gasteiger partial charge in [0.15, 0.2) is 0 Å². The number of benzene rings is 2. The van der Waals surface area contributed by atoms with Crippen molar-refractivity contribution < 1.29 is 9.72 Å². The summed E-state index contributed by atoms with van der Waals surface area (Å²) in [6, 6.07) is 14.4. The number of hydrogen-bond acceptors (Lipinski definition) is 5. The molecular formula is C19H23N3O3S. The number of hydrogen-bond donors (Lipinski definition) is 0. The van der Waals surface area contributed by atoms with Gasteiger partial charge in [-0.15, -0.1) is 11.8 Å². The number of non-ortho nitro benzene ring substituents is 1. The minimum atomic E-state index is -0.432. The Morgan fingerprint density at radius 1 is 1.08 bits per heavy atom. The van der Waals surface area contributed by atoms with Crippen LogP contribution in [0.25, 0.3) is 0 Å². The third-order valence-corrected chi connectivity index (χ3v) is 5.06. The van der Waals surface area contributed by atoms with Crippen LogP contribution >= 0.6 is 11.8 Å². The van der Waals surface area contributed by atoms with Crippen LogP contribution in [-0.2, 0) is 11.3 Å². The van der Waals surface area contributed by atoms with Crippen LogP contribution in [-0.4, -0.2) is 42.1 Å². The monoisotopic (exact) mass is 373 g/mol. The quantitative estimate of drug-likeness (QED) is 0.419. The summed E-state index contributed by atoms with van der Waals surface area (Å²) in [6.07, 6.45) is 0. The fourth-order valence-electron chi connectivity index (χ4n) is 2.46. The number of nitro benzene ring substituents is 1. The van der Waals surface area contributed by atoms with Gasteiger partial charge in [0.2, 0.25) is 5.91 Å². The predicted molar refractivity (Wildman–Crippen MR) is 106 cm³/mol. The third-order valence-electron chi connectivity index (χ3n) is 3.96. The molecule has 0 radical (unpaired) electrons. The van der Waals surface area contributed by atoms with Crippen LogP contribution in [0, 0.1) is 10.1 Å². The summed E-state index contributed by atoms with van der Waals surface area (Å²) in [4.78, 5) is 27.4. The molecule has 2 aromatic rings. The van der Waals surface area contributed by atoms with Gasteiger partial charge in [-0.2, -0.15) is 0 Å². The summed E-state index contributed by atoms with van der Waals surface area (Å²) in [5.74, 6) is 0.0186. The molecule has 1 amide bonds. The Morgan fingerprint density at radius 2 is 1.65 bits per heavy atom. The van der Waals surface area contributed by atoms with Gasteiger partial charge in [-0.05, 0) is 36.8 Å². The highest BCUT2D eigenvalue weighted by Crippen LogP contribution is 2.26. The topological polar surface area (TPSA) is 66.7 Å². The largest absolute Gasteiger partial charge is 0.378 e. The van der Waals surface area contributed by atoms with Crippen molar-refractivity contribution in [3.05, 3.63) is 64.2 Å².